The minimum Gasteiger partial charge on any atom is -0.483 e. The fraction of sp³-hybridized carbons (Fsp3) is 0.426. The third-order valence-electron chi connectivity index (χ3n) is 13.7. The molecule has 8 nitrogen and oxygen atoms in total. The summed E-state index contributed by atoms with van der Waals surface area (Å²) in [6.07, 6.45) is 5.76. The highest BCUT2D eigenvalue weighted by atomic mass is 16.6. The molecule has 0 saturated heterocycles. The number of hydrogen-bond acceptors (Lipinski definition) is 8. The molecule has 9 rings (SSSR count). The summed E-state index contributed by atoms with van der Waals surface area (Å²) in [6.45, 7) is 9.20. The molecular weight excluding hydrogens is 777 g/mol. The lowest BCUT2D eigenvalue weighted by Gasteiger charge is -2.48. The van der Waals surface area contributed by atoms with Crippen LogP contribution in [0.5, 0.6) is 5.75 Å². The van der Waals surface area contributed by atoms with E-state index < -0.39 is 35.4 Å². The van der Waals surface area contributed by atoms with Crippen LogP contribution in [0.25, 0.3) is 11.0 Å². The maximum absolute atomic E-state index is 14.8. The Hall–Kier alpha value is -5.47. The van der Waals surface area contributed by atoms with Crippen molar-refractivity contribution >= 4 is 22.9 Å². The monoisotopic (exact) mass is 836 g/mol. The summed E-state index contributed by atoms with van der Waals surface area (Å²) in [7, 11) is 0. The predicted molar refractivity (Wildman–Crippen MR) is 241 cm³/mol. The van der Waals surface area contributed by atoms with Crippen molar-refractivity contribution < 1.29 is 33.3 Å². The quantitative estimate of drug-likeness (QED) is 0.0934. The van der Waals surface area contributed by atoms with Crippen molar-refractivity contribution in [1.82, 2.24) is 0 Å². The second-order valence-corrected chi connectivity index (χ2v) is 18.5. The zero-order valence-electron chi connectivity index (χ0n) is 36.8. The Morgan fingerprint density at radius 3 is 2.23 bits per heavy atom. The van der Waals surface area contributed by atoms with E-state index >= 15 is 0 Å². The molecule has 0 amide bonds. The summed E-state index contributed by atoms with van der Waals surface area (Å²) >= 11 is 0. The fourth-order valence-corrected chi connectivity index (χ4v) is 10.3. The Bertz CT molecular complexity index is 2500. The standard InChI is InChI=1S/C54H60O8/c1-33(2)42-25-24-35-18-20-38(21-19-35)30-40(23-22-37-14-11-15-39(29-37)28-36-12-7-6-8-13-36)31-46(56)59-50-48-45(62-54(5,41-16-9-10-17-41)51(50)61-52(42)57)27-26-43-44(32-55)47(34(3)4)53(58)60-49(43)48/h6-8,11-15,18-21,26-27,29,34,40-41,50-51,55H,9-10,16-17,22-25,28,30-32H2,1-5H3. The van der Waals surface area contributed by atoms with Crippen LogP contribution in [0.3, 0.4) is 0 Å². The van der Waals surface area contributed by atoms with E-state index in [9.17, 15) is 19.5 Å². The van der Waals surface area contributed by atoms with Gasteiger partial charge >= 0.3 is 17.6 Å². The number of fused-ring (bicyclic) bond motifs is 13. The molecule has 8 heteroatoms. The predicted octanol–water partition coefficient (Wildman–Crippen LogP) is 11.0. The minimum atomic E-state index is -1.16. The van der Waals surface area contributed by atoms with Gasteiger partial charge in [-0.1, -0.05) is 111 Å². The molecule has 4 aromatic carbocycles. The first-order chi connectivity index (χ1) is 29.9. The average Bonchev–Trinajstić information content (AvgIpc) is 3.80. The maximum Gasteiger partial charge on any atom is 0.340 e. The van der Waals surface area contributed by atoms with Gasteiger partial charge in [-0.3, -0.25) is 4.79 Å². The second kappa shape index (κ2) is 18.5. The van der Waals surface area contributed by atoms with Gasteiger partial charge in [0, 0.05) is 28.9 Å². The smallest absolute Gasteiger partial charge is 0.340 e. The van der Waals surface area contributed by atoms with E-state index in [1.807, 2.05) is 52.8 Å². The first-order valence-electron chi connectivity index (χ1n) is 22.6. The number of allylic oxidation sites excluding steroid dienone is 1. The number of esters is 2. The number of hydrogen-bond donors (Lipinski definition) is 1. The molecule has 0 radical (unpaired) electrons. The molecule has 4 unspecified atom stereocenters. The Morgan fingerprint density at radius 1 is 0.806 bits per heavy atom. The Labute approximate surface area is 365 Å². The molecule has 4 atom stereocenters. The number of ether oxygens (including phenoxy) is 3. The lowest BCUT2D eigenvalue weighted by molar-refractivity contribution is -0.199. The Kier molecular flexibility index (Phi) is 12.9. The number of aliphatic hydroxyl groups is 1. The van der Waals surface area contributed by atoms with E-state index in [-0.39, 0.29) is 36.4 Å². The summed E-state index contributed by atoms with van der Waals surface area (Å²) < 4.78 is 26.6. The lowest BCUT2D eigenvalue weighted by atomic mass is 9.76. The van der Waals surface area contributed by atoms with Crippen LogP contribution in [0, 0.1) is 11.8 Å². The average molecular weight is 837 g/mol. The van der Waals surface area contributed by atoms with Crippen molar-refractivity contribution in [3.8, 4) is 5.75 Å². The highest BCUT2D eigenvalue weighted by Gasteiger charge is 2.57. The number of aryl methyl sites for hydroxylation is 2. The van der Waals surface area contributed by atoms with Gasteiger partial charge in [0.2, 0.25) is 0 Å². The molecule has 324 valence electrons. The summed E-state index contributed by atoms with van der Waals surface area (Å²) in [5.41, 5.74) is 7.06. The van der Waals surface area contributed by atoms with E-state index in [1.54, 1.807) is 0 Å². The first kappa shape index (κ1) is 43.2. The van der Waals surface area contributed by atoms with E-state index in [1.165, 1.54) is 16.7 Å². The first-order valence-corrected chi connectivity index (χ1v) is 22.6. The molecule has 1 fully saturated rings. The molecule has 1 N–H and O–H groups in total. The highest BCUT2D eigenvalue weighted by molar-refractivity contribution is 5.90. The number of carbonyl (C=O) groups excluding carboxylic acids is 2. The number of aliphatic hydroxyl groups excluding tert-OH is 1. The number of benzene rings is 4. The van der Waals surface area contributed by atoms with Gasteiger partial charge in [0.15, 0.2) is 12.2 Å². The minimum absolute atomic E-state index is 0.00204. The van der Waals surface area contributed by atoms with Crippen LogP contribution in [0.1, 0.15) is 136 Å². The molecule has 2 bridgehead atoms. The molecular formula is C54H60O8. The van der Waals surface area contributed by atoms with Gasteiger partial charge < -0.3 is 23.7 Å². The molecule has 4 aliphatic rings. The van der Waals surface area contributed by atoms with E-state index in [2.05, 4.69) is 72.8 Å². The SMILES string of the molecule is CC(C)=C1CCc2ccc(cc2)CC(CCc2cccc(Cc3ccccc3)c2)CC(=O)OC2c3c(ccc4c(CO)c(C(C)C)c(=O)oc34)OC(C)(C3CCCC3)C2OC1=O. The normalized spacial score (nSPS) is 22.2. The zero-order chi connectivity index (χ0) is 43.5. The summed E-state index contributed by atoms with van der Waals surface area (Å²) in [5, 5.41) is 11.2. The topological polar surface area (TPSA) is 112 Å². The van der Waals surface area contributed by atoms with Crippen molar-refractivity contribution in [2.24, 2.45) is 11.8 Å². The van der Waals surface area contributed by atoms with E-state index in [0.717, 1.165) is 61.6 Å². The van der Waals surface area contributed by atoms with Crippen molar-refractivity contribution in [3.05, 3.63) is 157 Å². The van der Waals surface area contributed by atoms with Crippen LogP contribution >= 0.6 is 0 Å². The largest absolute Gasteiger partial charge is 0.483 e. The summed E-state index contributed by atoms with van der Waals surface area (Å²) in [5.74, 6) is -0.803. The molecule has 5 aromatic rings. The van der Waals surface area contributed by atoms with Gasteiger partial charge in [-0.2, -0.15) is 0 Å². The van der Waals surface area contributed by atoms with Crippen LogP contribution in [-0.4, -0.2) is 28.8 Å². The number of rotatable bonds is 8. The Morgan fingerprint density at radius 2 is 1.52 bits per heavy atom. The molecule has 3 aliphatic heterocycles. The van der Waals surface area contributed by atoms with Gasteiger partial charge in [-0.05, 0) is 129 Å². The maximum atomic E-state index is 14.8. The van der Waals surface area contributed by atoms with Gasteiger partial charge in [-0.15, -0.1) is 0 Å². The molecule has 1 aromatic heterocycles. The van der Waals surface area contributed by atoms with E-state index in [0.29, 0.717) is 52.7 Å². The molecule has 1 aliphatic carbocycles. The van der Waals surface area contributed by atoms with Crippen LogP contribution in [0.2, 0.25) is 0 Å². The van der Waals surface area contributed by atoms with Crippen molar-refractivity contribution in [3.63, 3.8) is 0 Å². The molecule has 0 spiro atoms. The van der Waals surface area contributed by atoms with Crippen molar-refractivity contribution in [2.75, 3.05) is 0 Å². The zero-order valence-corrected chi connectivity index (χ0v) is 36.8. The molecule has 62 heavy (non-hydrogen) atoms. The van der Waals surface area contributed by atoms with Crippen LogP contribution in [0.15, 0.2) is 111 Å². The Balaban J connectivity index is 1.22. The highest BCUT2D eigenvalue weighted by Crippen LogP contribution is 2.52. The van der Waals surface area contributed by atoms with Gasteiger partial charge in [0.05, 0.1) is 12.2 Å². The van der Waals surface area contributed by atoms with Crippen molar-refractivity contribution in [1.29, 1.82) is 0 Å². The lowest BCUT2D eigenvalue weighted by Crippen LogP contribution is -2.58. The van der Waals surface area contributed by atoms with Crippen molar-refractivity contribution in [2.45, 2.75) is 136 Å². The third-order valence-corrected chi connectivity index (χ3v) is 13.7. The van der Waals surface area contributed by atoms with Crippen LogP contribution in [0.4, 0.5) is 0 Å². The van der Waals surface area contributed by atoms with Gasteiger partial charge in [0.1, 0.15) is 16.9 Å². The second-order valence-electron chi connectivity index (χ2n) is 18.5. The van der Waals surface area contributed by atoms with E-state index in [4.69, 9.17) is 18.6 Å². The van der Waals surface area contributed by atoms with Gasteiger partial charge in [-0.25, -0.2) is 9.59 Å². The van der Waals surface area contributed by atoms with Crippen LogP contribution in [-0.2, 0) is 51.4 Å². The number of carbonyl (C=O) groups is 2. The third kappa shape index (κ3) is 9.03. The van der Waals surface area contributed by atoms with Gasteiger partial charge in [0.25, 0.3) is 0 Å². The summed E-state index contributed by atoms with van der Waals surface area (Å²) in [6, 6.07) is 31.3. The molecule has 4 heterocycles. The van der Waals surface area contributed by atoms with Crippen LogP contribution < -0.4 is 10.4 Å². The summed E-state index contributed by atoms with van der Waals surface area (Å²) in [4.78, 5) is 43.2. The fourth-order valence-electron chi connectivity index (χ4n) is 10.3. The molecule has 1 saturated carbocycles.